The second-order valence-electron chi connectivity index (χ2n) is 3.95. The number of aldehydes is 1. The lowest BCUT2D eigenvalue weighted by molar-refractivity contribution is -0.139. The highest BCUT2D eigenvalue weighted by molar-refractivity contribution is 6.04. The number of hydrogen-bond acceptors (Lipinski definition) is 5. The number of carbonyl (C=O) groups excluding carboxylic acids is 2. The summed E-state index contributed by atoms with van der Waals surface area (Å²) >= 11 is 0. The highest BCUT2D eigenvalue weighted by Gasteiger charge is 2.24. The van der Waals surface area contributed by atoms with E-state index in [1.165, 1.54) is 6.26 Å². The van der Waals surface area contributed by atoms with Crippen LogP contribution in [0.5, 0.6) is 0 Å². The Bertz CT molecular complexity index is 454. The van der Waals surface area contributed by atoms with Crippen LogP contribution in [0.1, 0.15) is 12.7 Å². The smallest absolute Gasteiger partial charge is 0.333 e. The van der Waals surface area contributed by atoms with Crippen molar-refractivity contribution >= 4 is 17.8 Å². The molecule has 1 unspecified atom stereocenters. The third-order valence-electron chi connectivity index (χ3n) is 2.13. The maximum Gasteiger partial charge on any atom is 0.333 e. The lowest BCUT2D eigenvalue weighted by atomic mass is 10.3. The van der Waals surface area contributed by atoms with Crippen molar-refractivity contribution in [2.75, 3.05) is 13.2 Å². The summed E-state index contributed by atoms with van der Waals surface area (Å²) in [7, 11) is 0. The number of epoxide rings is 1. The Morgan fingerprint density at radius 1 is 1.58 bits per heavy atom. The Morgan fingerprint density at radius 2 is 2.26 bits per heavy atom. The van der Waals surface area contributed by atoms with Crippen LogP contribution in [0.3, 0.4) is 0 Å². The first kappa shape index (κ1) is 14.9. The van der Waals surface area contributed by atoms with Crippen molar-refractivity contribution in [3.05, 3.63) is 42.9 Å². The summed E-state index contributed by atoms with van der Waals surface area (Å²) < 4.78 is 14.5. The van der Waals surface area contributed by atoms with Gasteiger partial charge >= 0.3 is 5.97 Å². The van der Waals surface area contributed by atoms with E-state index in [0.717, 1.165) is 0 Å². The third kappa shape index (κ3) is 5.83. The Hall–Kier alpha value is -2.14. The van der Waals surface area contributed by atoms with Gasteiger partial charge in [0.1, 0.15) is 18.5 Å². The topological polar surface area (TPSA) is 69.0 Å². The first-order valence-corrected chi connectivity index (χ1v) is 5.66. The van der Waals surface area contributed by atoms with Crippen molar-refractivity contribution < 1.29 is 23.5 Å². The number of furan rings is 1. The molecule has 0 saturated carbocycles. The van der Waals surface area contributed by atoms with Crippen molar-refractivity contribution in [1.82, 2.24) is 0 Å². The van der Waals surface area contributed by atoms with Crippen LogP contribution < -0.4 is 0 Å². The second kappa shape index (κ2) is 7.33. The Labute approximate surface area is 111 Å². The maximum atomic E-state index is 10.7. The molecular weight excluding hydrogens is 248 g/mol. The van der Waals surface area contributed by atoms with Crippen LogP contribution >= 0.6 is 0 Å². The highest BCUT2D eigenvalue weighted by atomic mass is 16.6. The van der Waals surface area contributed by atoms with E-state index in [1.807, 2.05) is 0 Å². The monoisotopic (exact) mass is 264 g/mol. The van der Waals surface area contributed by atoms with E-state index in [2.05, 4.69) is 13.2 Å². The summed E-state index contributed by atoms with van der Waals surface area (Å²) in [4.78, 5) is 20.7. The predicted octanol–water partition coefficient (Wildman–Crippen LogP) is 2.00. The normalized spacial score (nSPS) is 15.7. The third-order valence-corrected chi connectivity index (χ3v) is 2.13. The molecule has 1 atom stereocenters. The van der Waals surface area contributed by atoms with E-state index in [0.29, 0.717) is 36.4 Å². The molecule has 0 aliphatic carbocycles. The van der Waals surface area contributed by atoms with Crippen LogP contribution in [-0.4, -0.2) is 31.6 Å². The molecule has 5 heteroatoms. The molecule has 1 aliphatic rings. The van der Waals surface area contributed by atoms with E-state index in [9.17, 15) is 9.59 Å². The summed E-state index contributed by atoms with van der Waals surface area (Å²) in [5.41, 5.74) is 0.806. The van der Waals surface area contributed by atoms with Crippen LogP contribution in [0, 0.1) is 0 Å². The number of esters is 1. The average Bonchev–Trinajstić information content (AvgIpc) is 3.07. The minimum absolute atomic E-state index is 0.142. The maximum absolute atomic E-state index is 10.7. The summed E-state index contributed by atoms with van der Waals surface area (Å²) in [5, 5.41) is 0. The fourth-order valence-corrected chi connectivity index (χ4v) is 0.975. The minimum Gasteiger partial charge on any atom is -0.464 e. The molecule has 1 aromatic heterocycles. The minimum atomic E-state index is -0.337. The number of ether oxygens (including phenoxy) is 2. The van der Waals surface area contributed by atoms with Gasteiger partial charge in [0, 0.05) is 11.1 Å². The molecule has 1 fully saturated rings. The SMILES string of the molecule is C=C(C)C(=O)OCC1CO1.C=C(C=O)c1ccco1. The van der Waals surface area contributed by atoms with Gasteiger partial charge in [-0.2, -0.15) is 0 Å². The molecule has 0 amide bonds. The zero-order chi connectivity index (χ0) is 14.3. The van der Waals surface area contributed by atoms with Gasteiger partial charge in [-0.25, -0.2) is 4.79 Å². The van der Waals surface area contributed by atoms with Crippen LogP contribution in [0.4, 0.5) is 0 Å². The molecule has 0 bridgehead atoms. The van der Waals surface area contributed by atoms with Crippen molar-refractivity contribution in [2.24, 2.45) is 0 Å². The van der Waals surface area contributed by atoms with E-state index in [-0.39, 0.29) is 12.1 Å². The first-order chi connectivity index (χ1) is 9.04. The van der Waals surface area contributed by atoms with Crippen molar-refractivity contribution in [3.63, 3.8) is 0 Å². The van der Waals surface area contributed by atoms with E-state index in [1.54, 1.807) is 19.1 Å². The van der Waals surface area contributed by atoms with Crippen LogP contribution in [0.15, 0.2) is 41.5 Å². The largest absolute Gasteiger partial charge is 0.464 e. The summed E-state index contributed by atoms with van der Waals surface area (Å²) in [6, 6.07) is 3.40. The van der Waals surface area contributed by atoms with Crippen LogP contribution in [0.25, 0.3) is 5.57 Å². The molecule has 0 aromatic carbocycles. The molecule has 1 aliphatic heterocycles. The molecule has 0 N–H and O–H groups in total. The average molecular weight is 264 g/mol. The molecule has 2 rings (SSSR count). The molecule has 1 aromatic rings. The molecular formula is C14H16O5. The van der Waals surface area contributed by atoms with Gasteiger partial charge < -0.3 is 13.9 Å². The van der Waals surface area contributed by atoms with Gasteiger partial charge in [-0.3, -0.25) is 4.79 Å². The predicted molar refractivity (Wildman–Crippen MR) is 69.3 cm³/mol. The zero-order valence-corrected chi connectivity index (χ0v) is 10.8. The quantitative estimate of drug-likeness (QED) is 0.352. The lowest BCUT2D eigenvalue weighted by Gasteiger charge is -1.99. The summed E-state index contributed by atoms with van der Waals surface area (Å²) in [6.45, 7) is 9.59. The molecule has 5 nitrogen and oxygen atoms in total. The van der Waals surface area contributed by atoms with Crippen molar-refractivity contribution in [3.8, 4) is 0 Å². The molecule has 0 radical (unpaired) electrons. The van der Waals surface area contributed by atoms with Gasteiger partial charge in [-0.1, -0.05) is 13.2 Å². The molecule has 102 valence electrons. The van der Waals surface area contributed by atoms with Crippen molar-refractivity contribution in [2.45, 2.75) is 13.0 Å². The fourth-order valence-electron chi connectivity index (χ4n) is 0.975. The summed E-state index contributed by atoms with van der Waals surface area (Å²) in [5.74, 6) is 0.195. The standard InChI is InChI=1S/C7H10O3.C7H6O2/c1-5(2)7(8)10-4-6-3-9-6;1-6(5-8)7-3-2-4-9-7/h6H,1,3-4H2,2H3;2-5H,1H2. The Kier molecular flexibility index (Phi) is 5.75. The number of hydrogen-bond donors (Lipinski definition) is 0. The first-order valence-electron chi connectivity index (χ1n) is 5.66. The number of rotatable bonds is 5. The Balaban J connectivity index is 0.000000191. The van der Waals surface area contributed by atoms with E-state index < -0.39 is 0 Å². The zero-order valence-electron chi connectivity index (χ0n) is 10.8. The van der Waals surface area contributed by atoms with Gasteiger partial charge in [0.2, 0.25) is 0 Å². The van der Waals surface area contributed by atoms with Gasteiger partial charge in [0.05, 0.1) is 12.9 Å². The van der Waals surface area contributed by atoms with E-state index >= 15 is 0 Å². The molecule has 2 heterocycles. The Morgan fingerprint density at radius 3 is 2.68 bits per heavy atom. The van der Waals surface area contributed by atoms with Crippen LogP contribution in [0.2, 0.25) is 0 Å². The lowest BCUT2D eigenvalue weighted by Crippen LogP contribution is -2.09. The van der Waals surface area contributed by atoms with Gasteiger partial charge in [-0.05, 0) is 19.1 Å². The van der Waals surface area contributed by atoms with Gasteiger partial charge in [-0.15, -0.1) is 0 Å². The fraction of sp³-hybridized carbons (Fsp3) is 0.286. The molecule has 19 heavy (non-hydrogen) atoms. The number of allylic oxidation sites excluding steroid dienone is 1. The summed E-state index contributed by atoms with van der Waals surface area (Å²) in [6.07, 6.45) is 2.31. The van der Waals surface area contributed by atoms with Gasteiger partial charge in [0.25, 0.3) is 0 Å². The van der Waals surface area contributed by atoms with Crippen LogP contribution in [-0.2, 0) is 19.1 Å². The van der Waals surface area contributed by atoms with Gasteiger partial charge in [0.15, 0.2) is 6.29 Å². The molecule has 0 spiro atoms. The highest BCUT2D eigenvalue weighted by Crippen LogP contribution is 2.09. The molecule has 1 saturated heterocycles. The second-order valence-corrected chi connectivity index (χ2v) is 3.95. The van der Waals surface area contributed by atoms with E-state index in [4.69, 9.17) is 13.9 Å². The van der Waals surface area contributed by atoms with Crippen molar-refractivity contribution in [1.29, 1.82) is 0 Å². The number of carbonyl (C=O) groups is 2.